The molecule has 2 amide bonds. The van der Waals surface area contributed by atoms with Crippen LogP contribution in [0.3, 0.4) is 0 Å². The average Bonchev–Trinajstić information content (AvgIpc) is 3.36. The number of anilines is 1. The molecule has 32 heavy (non-hydrogen) atoms. The highest BCUT2D eigenvalue weighted by Crippen LogP contribution is 2.34. The number of primary amides is 1. The maximum Gasteiger partial charge on any atom is 0.341 e. The maximum atomic E-state index is 12.7. The van der Waals surface area contributed by atoms with E-state index in [0.29, 0.717) is 23.5 Å². The molecule has 0 atom stereocenters. The van der Waals surface area contributed by atoms with Crippen molar-refractivity contribution in [2.75, 3.05) is 11.9 Å². The largest absolute Gasteiger partial charge is 0.486 e. The molecule has 0 fully saturated rings. The molecule has 0 radical (unpaired) electrons. The van der Waals surface area contributed by atoms with Gasteiger partial charge in [-0.3, -0.25) is 9.59 Å². The molecule has 168 valence electrons. The Morgan fingerprint density at radius 3 is 2.53 bits per heavy atom. The van der Waals surface area contributed by atoms with Gasteiger partial charge in [-0.25, -0.2) is 4.79 Å². The molecule has 0 saturated heterocycles. The Balaban J connectivity index is 1.74. The van der Waals surface area contributed by atoms with Crippen LogP contribution < -0.4 is 15.8 Å². The zero-order chi connectivity index (χ0) is 23.3. The van der Waals surface area contributed by atoms with Gasteiger partial charge in [0.05, 0.1) is 17.0 Å². The van der Waals surface area contributed by atoms with Crippen LogP contribution in [-0.4, -0.2) is 24.4 Å². The first kappa shape index (κ1) is 23.6. The van der Waals surface area contributed by atoms with Gasteiger partial charge in [0, 0.05) is 4.47 Å². The number of nitrogens with two attached hydrogens (primary N) is 1. The van der Waals surface area contributed by atoms with Crippen molar-refractivity contribution in [3.8, 4) is 5.75 Å². The van der Waals surface area contributed by atoms with Gasteiger partial charge in [0.1, 0.15) is 23.1 Å². The molecule has 0 spiro atoms. The highest BCUT2D eigenvalue weighted by atomic mass is 79.9. The summed E-state index contributed by atoms with van der Waals surface area (Å²) in [7, 11) is 0. The molecule has 8 nitrogen and oxygen atoms in total. The molecule has 2 aromatic heterocycles. The highest BCUT2D eigenvalue weighted by Gasteiger charge is 2.26. The predicted molar refractivity (Wildman–Crippen MR) is 123 cm³/mol. The van der Waals surface area contributed by atoms with Crippen molar-refractivity contribution in [3.63, 3.8) is 0 Å². The minimum atomic E-state index is -0.692. The highest BCUT2D eigenvalue weighted by molar-refractivity contribution is 9.10. The summed E-state index contributed by atoms with van der Waals surface area (Å²) in [5.41, 5.74) is 5.87. The van der Waals surface area contributed by atoms with Crippen LogP contribution in [0.25, 0.3) is 0 Å². The molecular formula is C22H21BrN2O6S. The van der Waals surface area contributed by atoms with Crippen LogP contribution in [0.15, 0.2) is 45.3 Å². The second-order valence-electron chi connectivity index (χ2n) is 6.72. The van der Waals surface area contributed by atoms with Crippen LogP contribution in [-0.2, 0) is 11.3 Å². The second kappa shape index (κ2) is 10.5. The van der Waals surface area contributed by atoms with Gasteiger partial charge in [0.25, 0.3) is 11.8 Å². The number of carbonyl (C=O) groups is 3. The van der Waals surface area contributed by atoms with Crippen LogP contribution in [0.5, 0.6) is 5.75 Å². The molecule has 10 heteroatoms. The molecule has 2 heterocycles. The summed E-state index contributed by atoms with van der Waals surface area (Å²) >= 11 is 4.27. The van der Waals surface area contributed by atoms with Crippen LogP contribution in [0.2, 0.25) is 0 Å². The SMILES string of the molecule is CCCOC(=O)c1c(NC(=O)c2ccc(COc3ccc(Br)cc3)o2)sc(C(N)=O)c1C. The molecule has 0 aliphatic heterocycles. The van der Waals surface area contributed by atoms with E-state index in [1.165, 1.54) is 6.07 Å². The van der Waals surface area contributed by atoms with E-state index in [1.807, 2.05) is 19.1 Å². The lowest BCUT2D eigenvalue weighted by Gasteiger charge is -2.07. The number of amides is 2. The molecule has 3 N–H and O–H groups in total. The summed E-state index contributed by atoms with van der Waals surface area (Å²) in [5, 5.41) is 2.80. The lowest BCUT2D eigenvalue weighted by atomic mass is 10.1. The third-order valence-electron chi connectivity index (χ3n) is 4.32. The molecule has 0 saturated carbocycles. The fourth-order valence-electron chi connectivity index (χ4n) is 2.78. The minimum absolute atomic E-state index is 0.0268. The monoisotopic (exact) mass is 520 g/mol. The smallest absolute Gasteiger partial charge is 0.341 e. The lowest BCUT2D eigenvalue weighted by Crippen LogP contribution is -2.15. The zero-order valence-corrected chi connectivity index (χ0v) is 19.8. The molecule has 1 aromatic carbocycles. The summed E-state index contributed by atoms with van der Waals surface area (Å²) in [4.78, 5) is 37.1. The Morgan fingerprint density at radius 2 is 1.88 bits per heavy atom. The summed E-state index contributed by atoms with van der Waals surface area (Å²) in [6.45, 7) is 3.79. The first-order valence-corrected chi connectivity index (χ1v) is 11.3. The average molecular weight is 521 g/mol. The first-order valence-electron chi connectivity index (χ1n) is 9.68. The lowest BCUT2D eigenvalue weighted by molar-refractivity contribution is 0.0506. The number of benzene rings is 1. The number of hydrogen-bond acceptors (Lipinski definition) is 7. The number of hydrogen-bond donors (Lipinski definition) is 2. The Bertz CT molecular complexity index is 1140. The second-order valence-corrected chi connectivity index (χ2v) is 8.66. The fraction of sp³-hybridized carbons (Fsp3) is 0.227. The van der Waals surface area contributed by atoms with Gasteiger partial charge in [-0.05, 0) is 55.3 Å². The Morgan fingerprint density at radius 1 is 1.16 bits per heavy atom. The number of furan rings is 1. The maximum absolute atomic E-state index is 12.7. The topological polar surface area (TPSA) is 121 Å². The van der Waals surface area contributed by atoms with E-state index in [1.54, 1.807) is 25.1 Å². The van der Waals surface area contributed by atoms with E-state index in [2.05, 4.69) is 21.2 Å². The standard InChI is InChI=1S/C22H21BrN2O6S/c1-3-10-29-22(28)17-12(2)18(19(24)26)32-21(17)25-20(27)16-9-8-15(31-16)11-30-14-6-4-13(23)5-7-14/h4-9H,3,10-11H2,1-2H3,(H2,24,26)(H,25,27). The van der Waals surface area contributed by atoms with Crippen LogP contribution in [0.4, 0.5) is 5.00 Å². The number of rotatable bonds is 9. The van der Waals surface area contributed by atoms with Crippen molar-refractivity contribution in [2.45, 2.75) is 26.9 Å². The van der Waals surface area contributed by atoms with Crippen LogP contribution in [0.1, 0.15) is 55.3 Å². The molecule has 3 aromatic rings. The van der Waals surface area contributed by atoms with Crippen LogP contribution in [0, 0.1) is 6.92 Å². The molecule has 0 bridgehead atoms. The predicted octanol–water partition coefficient (Wildman–Crippen LogP) is 4.91. The van der Waals surface area contributed by atoms with E-state index in [9.17, 15) is 14.4 Å². The van der Waals surface area contributed by atoms with Crippen molar-refractivity contribution >= 4 is 50.1 Å². The Kier molecular flexibility index (Phi) is 7.70. The summed E-state index contributed by atoms with van der Waals surface area (Å²) in [6, 6.07) is 10.4. The van der Waals surface area contributed by atoms with Crippen LogP contribution >= 0.6 is 27.3 Å². The van der Waals surface area contributed by atoms with Gasteiger partial charge in [0.2, 0.25) is 0 Å². The van der Waals surface area contributed by atoms with Gasteiger partial charge < -0.3 is 24.9 Å². The van der Waals surface area contributed by atoms with Crippen molar-refractivity contribution in [1.82, 2.24) is 0 Å². The van der Waals surface area contributed by atoms with Crippen molar-refractivity contribution in [1.29, 1.82) is 0 Å². The van der Waals surface area contributed by atoms with Gasteiger partial charge in [-0.2, -0.15) is 0 Å². The summed E-state index contributed by atoms with van der Waals surface area (Å²) in [5.74, 6) is -0.783. The van der Waals surface area contributed by atoms with E-state index in [4.69, 9.17) is 19.6 Å². The van der Waals surface area contributed by atoms with Gasteiger partial charge in [0.15, 0.2) is 5.76 Å². The zero-order valence-electron chi connectivity index (χ0n) is 17.4. The molecule has 0 unspecified atom stereocenters. The van der Waals surface area contributed by atoms with Crippen molar-refractivity contribution in [3.05, 3.63) is 68.4 Å². The van der Waals surface area contributed by atoms with Crippen molar-refractivity contribution in [2.24, 2.45) is 5.73 Å². The quantitative estimate of drug-likeness (QED) is 0.386. The third-order valence-corrected chi connectivity index (χ3v) is 6.07. The Labute approximate surface area is 196 Å². The summed E-state index contributed by atoms with van der Waals surface area (Å²) in [6.07, 6.45) is 0.636. The number of ether oxygens (including phenoxy) is 2. The number of carbonyl (C=O) groups excluding carboxylic acids is 3. The van der Waals surface area contributed by atoms with E-state index in [0.717, 1.165) is 15.8 Å². The summed E-state index contributed by atoms with van der Waals surface area (Å²) < 4.78 is 17.3. The molecule has 0 aliphatic rings. The fourth-order valence-corrected chi connectivity index (χ4v) is 4.08. The normalized spacial score (nSPS) is 10.6. The Hall–Kier alpha value is -3.11. The number of nitrogens with one attached hydrogen (secondary N) is 1. The molecule has 3 rings (SSSR count). The van der Waals surface area contributed by atoms with Crippen molar-refractivity contribution < 1.29 is 28.3 Å². The number of esters is 1. The van der Waals surface area contributed by atoms with Gasteiger partial charge in [-0.1, -0.05) is 22.9 Å². The van der Waals surface area contributed by atoms with E-state index < -0.39 is 17.8 Å². The molecular weight excluding hydrogens is 500 g/mol. The molecule has 0 aliphatic carbocycles. The van der Waals surface area contributed by atoms with E-state index >= 15 is 0 Å². The minimum Gasteiger partial charge on any atom is -0.486 e. The number of halogens is 1. The number of thiophene rings is 1. The van der Waals surface area contributed by atoms with Gasteiger partial charge >= 0.3 is 5.97 Å². The third kappa shape index (κ3) is 5.57. The first-order chi connectivity index (χ1) is 15.3. The van der Waals surface area contributed by atoms with E-state index in [-0.39, 0.29) is 34.4 Å². The van der Waals surface area contributed by atoms with Gasteiger partial charge in [-0.15, -0.1) is 11.3 Å².